The SMILES string of the molecule is CCCCNC(=O)c1ccc(OC(F)(F)F)cc1. The molecule has 0 aliphatic carbocycles. The number of nitrogens with one attached hydrogen (secondary N) is 1. The molecule has 6 heteroatoms. The van der Waals surface area contributed by atoms with E-state index in [4.69, 9.17) is 0 Å². The van der Waals surface area contributed by atoms with Crippen molar-refractivity contribution < 1.29 is 22.7 Å². The van der Waals surface area contributed by atoms with Crippen molar-refractivity contribution in [2.45, 2.75) is 26.1 Å². The van der Waals surface area contributed by atoms with Crippen LogP contribution in [0.25, 0.3) is 0 Å². The molecule has 1 N–H and O–H groups in total. The van der Waals surface area contributed by atoms with Crippen LogP contribution in [0.1, 0.15) is 30.1 Å². The molecule has 1 amide bonds. The van der Waals surface area contributed by atoms with Gasteiger partial charge in [0.2, 0.25) is 0 Å². The van der Waals surface area contributed by atoms with Crippen molar-refractivity contribution in [3.05, 3.63) is 29.8 Å². The molecular formula is C12H14F3NO2. The first kappa shape index (κ1) is 14.3. The molecule has 0 bridgehead atoms. The molecule has 1 rings (SSSR count). The minimum atomic E-state index is -4.72. The van der Waals surface area contributed by atoms with Crippen molar-refractivity contribution in [3.63, 3.8) is 0 Å². The van der Waals surface area contributed by atoms with Crippen LogP contribution in [0.2, 0.25) is 0 Å². The second kappa shape index (κ2) is 6.28. The van der Waals surface area contributed by atoms with Crippen LogP contribution in [0, 0.1) is 0 Å². The summed E-state index contributed by atoms with van der Waals surface area (Å²) in [6.45, 7) is 2.55. The molecule has 3 nitrogen and oxygen atoms in total. The number of unbranched alkanes of at least 4 members (excludes halogenated alkanes) is 1. The van der Waals surface area contributed by atoms with E-state index in [2.05, 4.69) is 10.1 Å². The lowest BCUT2D eigenvalue weighted by molar-refractivity contribution is -0.274. The van der Waals surface area contributed by atoms with Crippen LogP contribution in [0.4, 0.5) is 13.2 Å². The summed E-state index contributed by atoms with van der Waals surface area (Å²) in [6, 6.07) is 4.81. The van der Waals surface area contributed by atoms with Crippen LogP contribution in [-0.2, 0) is 0 Å². The summed E-state index contributed by atoms with van der Waals surface area (Å²) in [5.41, 5.74) is 0.306. The third-order valence-corrected chi connectivity index (χ3v) is 2.17. The van der Waals surface area contributed by atoms with E-state index in [0.717, 1.165) is 25.0 Å². The van der Waals surface area contributed by atoms with Gasteiger partial charge in [-0.2, -0.15) is 0 Å². The fourth-order valence-corrected chi connectivity index (χ4v) is 1.29. The van der Waals surface area contributed by atoms with Gasteiger partial charge in [-0.05, 0) is 30.7 Å². The number of benzene rings is 1. The zero-order valence-electron chi connectivity index (χ0n) is 9.88. The molecule has 0 radical (unpaired) electrons. The van der Waals surface area contributed by atoms with E-state index < -0.39 is 6.36 Å². The van der Waals surface area contributed by atoms with Crippen LogP contribution in [0.15, 0.2) is 24.3 Å². The standard InChI is InChI=1S/C12H14F3NO2/c1-2-3-8-16-11(17)9-4-6-10(7-5-9)18-12(13,14)15/h4-7H,2-3,8H2,1H3,(H,16,17). The highest BCUT2D eigenvalue weighted by atomic mass is 19.4. The van der Waals surface area contributed by atoms with Gasteiger partial charge in [-0.25, -0.2) is 0 Å². The number of hydrogen-bond acceptors (Lipinski definition) is 2. The van der Waals surface area contributed by atoms with Crippen LogP contribution in [-0.4, -0.2) is 18.8 Å². The summed E-state index contributed by atoms with van der Waals surface area (Å²) >= 11 is 0. The van der Waals surface area contributed by atoms with Crippen molar-refractivity contribution >= 4 is 5.91 Å². The molecule has 100 valence electrons. The molecule has 0 fully saturated rings. The first-order chi connectivity index (χ1) is 8.42. The average Bonchev–Trinajstić information content (AvgIpc) is 2.28. The van der Waals surface area contributed by atoms with Crippen LogP contribution < -0.4 is 10.1 Å². The minimum Gasteiger partial charge on any atom is -0.406 e. The van der Waals surface area contributed by atoms with Crippen molar-refractivity contribution in [3.8, 4) is 5.75 Å². The maximum absolute atomic E-state index is 11.9. The van der Waals surface area contributed by atoms with Gasteiger partial charge < -0.3 is 10.1 Å². The summed E-state index contributed by atoms with van der Waals surface area (Å²) < 4.78 is 39.4. The molecule has 0 saturated carbocycles. The number of amides is 1. The normalized spacial score (nSPS) is 11.1. The predicted molar refractivity (Wildman–Crippen MR) is 60.4 cm³/mol. The molecule has 0 spiro atoms. The number of carbonyl (C=O) groups is 1. The summed E-state index contributed by atoms with van der Waals surface area (Å²) in [5.74, 6) is -0.644. The zero-order valence-corrected chi connectivity index (χ0v) is 9.88. The zero-order chi connectivity index (χ0) is 13.6. The van der Waals surface area contributed by atoms with Crippen molar-refractivity contribution in [2.24, 2.45) is 0 Å². The molecule has 0 aliphatic heterocycles. The summed E-state index contributed by atoms with van der Waals surface area (Å²) in [7, 11) is 0. The largest absolute Gasteiger partial charge is 0.573 e. The Bertz CT molecular complexity index is 387. The van der Waals surface area contributed by atoms with Gasteiger partial charge in [0.05, 0.1) is 0 Å². The fourth-order valence-electron chi connectivity index (χ4n) is 1.29. The topological polar surface area (TPSA) is 38.3 Å². The molecule has 0 aliphatic rings. The maximum Gasteiger partial charge on any atom is 0.573 e. The Morgan fingerprint density at radius 1 is 1.28 bits per heavy atom. The highest BCUT2D eigenvalue weighted by molar-refractivity contribution is 5.94. The Kier molecular flexibility index (Phi) is 5.00. The van der Waals surface area contributed by atoms with E-state index in [1.54, 1.807) is 0 Å². The van der Waals surface area contributed by atoms with E-state index in [-0.39, 0.29) is 11.7 Å². The first-order valence-corrected chi connectivity index (χ1v) is 5.56. The summed E-state index contributed by atoms with van der Waals surface area (Å²) in [4.78, 5) is 11.5. The summed E-state index contributed by atoms with van der Waals surface area (Å²) in [6.07, 6.45) is -2.90. The molecule has 0 saturated heterocycles. The number of hydrogen-bond donors (Lipinski definition) is 1. The molecule has 0 unspecified atom stereocenters. The molecule has 1 aromatic rings. The van der Waals surface area contributed by atoms with Gasteiger partial charge in [-0.3, -0.25) is 4.79 Å². The van der Waals surface area contributed by atoms with E-state index in [0.29, 0.717) is 12.1 Å². The monoisotopic (exact) mass is 261 g/mol. The van der Waals surface area contributed by atoms with E-state index in [1.165, 1.54) is 12.1 Å². The Balaban J connectivity index is 2.57. The van der Waals surface area contributed by atoms with Gasteiger partial charge in [-0.1, -0.05) is 13.3 Å². The van der Waals surface area contributed by atoms with Gasteiger partial charge in [0.25, 0.3) is 5.91 Å². The first-order valence-electron chi connectivity index (χ1n) is 5.56. The number of halogens is 3. The quantitative estimate of drug-likeness (QED) is 0.827. The molecular weight excluding hydrogens is 247 g/mol. The number of ether oxygens (including phenoxy) is 1. The van der Waals surface area contributed by atoms with Crippen molar-refractivity contribution in [1.29, 1.82) is 0 Å². The maximum atomic E-state index is 11.9. The lowest BCUT2D eigenvalue weighted by Crippen LogP contribution is -2.24. The highest BCUT2D eigenvalue weighted by Crippen LogP contribution is 2.22. The average molecular weight is 261 g/mol. The van der Waals surface area contributed by atoms with E-state index in [1.807, 2.05) is 6.92 Å². The van der Waals surface area contributed by atoms with Gasteiger partial charge in [0, 0.05) is 12.1 Å². The number of rotatable bonds is 5. The smallest absolute Gasteiger partial charge is 0.406 e. The predicted octanol–water partition coefficient (Wildman–Crippen LogP) is 3.12. The van der Waals surface area contributed by atoms with Gasteiger partial charge >= 0.3 is 6.36 Å². The number of alkyl halides is 3. The third kappa shape index (κ3) is 5.07. The molecule has 0 atom stereocenters. The molecule has 1 aromatic carbocycles. The summed E-state index contributed by atoms with van der Waals surface area (Å²) in [5, 5.41) is 2.67. The van der Waals surface area contributed by atoms with Gasteiger partial charge in [-0.15, -0.1) is 13.2 Å². The highest BCUT2D eigenvalue weighted by Gasteiger charge is 2.31. The van der Waals surface area contributed by atoms with Crippen LogP contribution >= 0.6 is 0 Å². The Morgan fingerprint density at radius 2 is 1.89 bits per heavy atom. The minimum absolute atomic E-state index is 0.304. The third-order valence-electron chi connectivity index (χ3n) is 2.17. The van der Waals surface area contributed by atoms with Gasteiger partial charge in [0.15, 0.2) is 0 Å². The van der Waals surface area contributed by atoms with Crippen molar-refractivity contribution in [2.75, 3.05) is 6.54 Å². The van der Waals surface area contributed by atoms with Crippen molar-refractivity contribution in [1.82, 2.24) is 5.32 Å². The van der Waals surface area contributed by atoms with E-state index in [9.17, 15) is 18.0 Å². The van der Waals surface area contributed by atoms with Crippen LogP contribution in [0.5, 0.6) is 5.75 Å². The number of carbonyl (C=O) groups excluding carboxylic acids is 1. The Labute approximate surface area is 103 Å². The Morgan fingerprint density at radius 3 is 2.39 bits per heavy atom. The molecule has 0 aromatic heterocycles. The van der Waals surface area contributed by atoms with E-state index >= 15 is 0 Å². The molecule has 18 heavy (non-hydrogen) atoms. The second-order valence-corrected chi connectivity index (χ2v) is 3.68. The second-order valence-electron chi connectivity index (χ2n) is 3.68. The fraction of sp³-hybridized carbons (Fsp3) is 0.417. The van der Waals surface area contributed by atoms with Crippen LogP contribution in [0.3, 0.4) is 0 Å². The lowest BCUT2D eigenvalue weighted by atomic mass is 10.2. The molecule has 0 heterocycles. The lowest BCUT2D eigenvalue weighted by Gasteiger charge is -2.09. The van der Waals surface area contributed by atoms with Gasteiger partial charge in [0.1, 0.15) is 5.75 Å². The Hall–Kier alpha value is -1.72.